The molecule has 21 heavy (non-hydrogen) atoms. The van der Waals surface area contributed by atoms with Gasteiger partial charge in [-0.25, -0.2) is 4.52 Å². The molecule has 1 atom stereocenters. The molecule has 0 radical (unpaired) electrons. The van der Waals surface area contributed by atoms with E-state index >= 15 is 0 Å². The Hall–Kier alpha value is -1.39. The Labute approximate surface area is 126 Å². The summed E-state index contributed by atoms with van der Waals surface area (Å²) >= 11 is 0. The first-order valence-electron chi connectivity index (χ1n) is 8.12. The Balaban J connectivity index is 1.80. The van der Waals surface area contributed by atoms with Crippen LogP contribution in [0, 0.1) is 5.92 Å². The Bertz CT molecular complexity index is 560. The predicted octanol–water partition coefficient (Wildman–Crippen LogP) is 3.19. The molecule has 1 unspecified atom stereocenters. The van der Waals surface area contributed by atoms with Gasteiger partial charge in [0.1, 0.15) is 0 Å². The van der Waals surface area contributed by atoms with Gasteiger partial charge in [0.15, 0.2) is 0 Å². The van der Waals surface area contributed by atoms with Crippen molar-refractivity contribution in [2.45, 2.75) is 38.6 Å². The molecule has 1 N–H and O–H groups in total. The third-order valence-corrected chi connectivity index (χ3v) is 4.38. The lowest BCUT2D eigenvalue weighted by Gasteiger charge is -2.27. The van der Waals surface area contributed by atoms with Crippen LogP contribution >= 0.6 is 0 Å². The summed E-state index contributed by atoms with van der Waals surface area (Å²) in [5.41, 5.74) is 2.55. The zero-order valence-corrected chi connectivity index (χ0v) is 12.8. The summed E-state index contributed by atoms with van der Waals surface area (Å²) in [6.45, 7) is 5.10. The van der Waals surface area contributed by atoms with Crippen molar-refractivity contribution in [3.8, 4) is 0 Å². The third kappa shape index (κ3) is 3.44. The quantitative estimate of drug-likeness (QED) is 0.886. The van der Waals surface area contributed by atoms with Crippen LogP contribution in [-0.4, -0.2) is 29.4 Å². The zero-order valence-electron chi connectivity index (χ0n) is 12.8. The van der Waals surface area contributed by atoms with E-state index in [2.05, 4.69) is 29.5 Å². The maximum atomic E-state index is 5.49. The van der Waals surface area contributed by atoms with E-state index in [1.54, 1.807) is 0 Å². The van der Waals surface area contributed by atoms with Gasteiger partial charge in [0.25, 0.3) is 0 Å². The molecule has 3 rings (SSSR count). The van der Waals surface area contributed by atoms with Crippen molar-refractivity contribution >= 4 is 5.52 Å². The number of rotatable bonds is 6. The molecule has 1 fully saturated rings. The number of hydrogen-bond donors (Lipinski definition) is 1. The first-order chi connectivity index (χ1) is 10.4. The summed E-state index contributed by atoms with van der Waals surface area (Å²) in [5, 5.41) is 8.21. The normalized spacial score (nSPS) is 18.1. The number of ether oxygens (including phenoxy) is 1. The molecule has 0 spiro atoms. The monoisotopic (exact) mass is 287 g/mol. The van der Waals surface area contributed by atoms with E-state index in [0.29, 0.717) is 6.04 Å². The molecule has 0 aromatic carbocycles. The fourth-order valence-electron chi connectivity index (χ4n) is 3.18. The molecule has 4 heteroatoms. The summed E-state index contributed by atoms with van der Waals surface area (Å²) < 4.78 is 7.46. The van der Waals surface area contributed by atoms with Crippen molar-refractivity contribution in [3.63, 3.8) is 0 Å². The van der Waals surface area contributed by atoms with Gasteiger partial charge in [0, 0.05) is 31.0 Å². The lowest BCUT2D eigenvalue weighted by atomic mass is 9.90. The van der Waals surface area contributed by atoms with Crippen molar-refractivity contribution in [1.29, 1.82) is 0 Å². The van der Waals surface area contributed by atoms with E-state index in [-0.39, 0.29) is 0 Å². The molecule has 114 valence electrons. The summed E-state index contributed by atoms with van der Waals surface area (Å²) in [6, 6.07) is 6.67. The lowest BCUT2D eigenvalue weighted by Crippen LogP contribution is -2.27. The van der Waals surface area contributed by atoms with E-state index in [0.717, 1.165) is 32.1 Å². The second-order valence-electron chi connectivity index (χ2n) is 5.93. The summed E-state index contributed by atoms with van der Waals surface area (Å²) in [4.78, 5) is 0. The van der Waals surface area contributed by atoms with Crippen LogP contribution in [0.1, 0.15) is 44.2 Å². The molecule has 0 amide bonds. The van der Waals surface area contributed by atoms with Crippen molar-refractivity contribution in [1.82, 2.24) is 14.9 Å². The first-order valence-corrected chi connectivity index (χ1v) is 8.12. The fraction of sp³-hybridized carbons (Fsp3) is 0.588. The van der Waals surface area contributed by atoms with Crippen LogP contribution in [0.2, 0.25) is 0 Å². The third-order valence-electron chi connectivity index (χ3n) is 4.38. The van der Waals surface area contributed by atoms with Crippen molar-refractivity contribution in [3.05, 3.63) is 36.2 Å². The van der Waals surface area contributed by atoms with Crippen LogP contribution < -0.4 is 5.32 Å². The minimum absolute atomic E-state index is 0.396. The number of aromatic nitrogens is 2. The van der Waals surface area contributed by atoms with Gasteiger partial charge < -0.3 is 10.1 Å². The molecule has 0 bridgehead atoms. The molecule has 0 aliphatic carbocycles. The van der Waals surface area contributed by atoms with Crippen LogP contribution in [0.5, 0.6) is 0 Å². The van der Waals surface area contributed by atoms with E-state index < -0.39 is 0 Å². The predicted molar refractivity (Wildman–Crippen MR) is 84.4 cm³/mol. The number of nitrogens with one attached hydrogen (secondary N) is 1. The second-order valence-corrected chi connectivity index (χ2v) is 5.93. The van der Waals surface area contributed by atoms with Crippen LogP contribution in [0.3, 0.4) is 0 Å². The van der Waals surface area contributed by atoms with Crippen molar-refractivity contribution in [2.24, 2.45) is 5.92 Å². The molecule has 1 saturated heterocycles. The van der Waals surface area contributed by atoms with Gasteiger partial charge in [-0.1, -0.05) is 13.0 Å². The molecule has 0 saturated carbocycles. The van der Waals surface area contributed by atoms with Crippen molar-refractivity contribution in [2.75, 3.05) is 19.8 Å². The fourth-order valence-corrected chi connectivity index (χ4v) is 3.18. The van der Waals surface area contributed by atoms with Gasteiger partial charge in [-0.05, 0) is 50.3 Å². The number of fused-ring (bicyclic) bond motifs is 1. The maximum Gasteiger partial charge on any atom is 0.0709 e. The van der Waals surface area contributed by atoms with Crippen LogP contribution in [-0.2, 0) is 4.74 Å². The van der Waals surface area contributed by atoms with Gasteiger partial charge in [0.2, 0.25) is 0 Å². The zero-order chi connectivity index (χ0) is 14.5. The Morgan fingerprint density at radius 2 is 2.24 bits per heavy atom. The smallest absolute Gasteiger partial charge is 0.0709 e. The minimum atomic E-state index is 0.396. The number of nitrogens with zero attached hydrogens (tertiary/aromatic N) is 2. The molecular weight excluding hydrogens is 262 g/mol. The topological polar surface area (TPSA) is 38.6 Å². The minimum Gasteiger partial charge on any atom is -0.381 e. The van der Waals surface area contributed by atoms with Gasteiger partial charge in [-0.2, -0.15) is 5.10 Å². The van der Waals surface area contributed by atoms with E-state index in [1.807, 2.05) is 23.0 Å². The Kier molecular flexibility index (Phi) is 4.88. The van der Waals surface area contributed by atoms with Crippen molar-refractivity contribution < 1.29 is 4.74 Å². The first kappa shape index (κ1) is 14.5. The average Bonchev–Trinajstić information content (AvgIpc) is 2.96. The molecular formula is C17H25N3O. The van der Waals surface area contributed by atoms with Gasteiger partial charge in [0.05, 0.1) is 11.7 Å². The largest absolute Gasteiger partial charge is 0.381 e. The van der Waals surface area contributed by atoms with Gasteiger partial charge in [-0.3, -0.25) is 0 Å². The van der Waals surface area contributed by atoms with Crippen LogP contribution in [0.25, 0.3) is 5.52 Å². The van der Waals surface area contributed by atoms with Gasteiger partial charge >= 0.3 is 0 Å². The van der Waals surface area contributed by atoms with E-state index in [9.17, 15) is 0 Å². The average molecular weight is 287 g/mol. The molecule has 2 aromatic heterocycles. The number of hydrogen-bond acceptors (Lipinski definition) is 3. The highest BCUT2D eigenvalue weighted by Gasteiger charge is 2.22. The lowest BCUT2D eigenvalue weighted by molar-refractivity contribution is 0.0605. The highest BCUT2D eigenvalue weighted by atomic mass is 16.5. The Morgan fingerprint density at radius 3 is 3.05 bits per heavy atom. The Morgan fingerprint density at radius 1 is 1.38 bits per heavy atom. The number of pyridine rings is 1. The highest BCUT2D eigenvalue weighted by molar-refractivity contribution is 5.54. The molecule has 2 aromatic rings. The summed E-state index contributed by atoms with van der Waals surface area (Å²) in [6.07, 6.45) is 8.75. The SMILES string of the molecule is CCCNC(CC1CCOCC1)c1cnn2ccccc12. The highest BCUT2D eigenvalue weighted by Crippen LogP contribution is 2.29. The molecule has 3 heterocycles. The summed E-state index contributed by atoms with van der Waals surface area (Å²) in [5.74, 6) is 0.756. The standard InChI is InChI=1S/C17H25N3O/c1-2-8-18-16(12-14-6-10-21-11-7-14)15-13-19-20-9-4-3-5-17(15)20/h3-5,9,13-14,16,18H,2,6-8,10-12H2,1H3. The van der Waals surface area contributed by atoms with E-state index in [4.69, 9.17) is 4.74 Å². The maximum absolute atomic E-state index is 5.49. The summed E-state index contributed by atoms with van der Waals surface area (Å²) in [7, 11) is 0. The van der Waals surface area contributed by atoms with Gasteiger partial charge in [-0.15, -0.1) is 0 Å². The van der Waals surface area contributed by atoms with Crippen LogP contribution in [0.15, 0.2) is 30.6 Å². The molecule has 1 aliphatic heterocycles. The molecule has 1 aliphatic rings. The molecule has 4 nitrogen and oxygen atoms in total. The van der Waals surface area contributed by atoms with E-state index in [1.165, 1.54) is 30.3 Å². The second kappa shape index (κ2) is 7.05. The van der Waals surface area contributed by atoms with Crippen LogP contribution in [0.4, 0.5) is 0 Å².